The summed E-state index contributed by atoms with van der Waals surface area (Å²) in [4.78, 5) is 0. The van der Waals surface area contributed by atoms with Gasteiger partial charge < -0.3 is 15.2 Å². The quantitative estimate of drug-likeness (QED) is 0.408. The van der Waals surface area contributed by atoms with Crippen molar-refractivity contribution in [3.8, 4) is 0 Å². The van der Waals surface area contributed by atoms with Crippen LogP contribution >= 0.6 is 0 Å². The molecule has 17 heavy (non-hydrogen) atoms. The summed E-state index contributed by atoms with van der Waals surface area (Å²) in [6, 6.07) is 0. The highest BCUT2D eigenvalue weighted by Gasteiger charge is 2.26. The van der Waals surface area contributed by atoms with Crippen molar-refractivity contribution in [2.24, 2.45) is 0 Å². The Bertz CT molecular complexity index is 220. The summed E-state index contributed by atoms with van der Waals surface area (Å²) in [5.74, 6) is 0. The molecule has 0 aromatic heterocycles. The van der Waals surface area contributed by atoms with Crippen molar-refractivity contribution in [3.63, 3.8) is 0 Å². The van der Waals surface area contributed by atoms with Gasteiger partial charge >= 0.3 is 0 Å². The standard InChI is InChI=1S/C14H27NO2/c1-13(2)11-17-10-9-15-12-14(16)7-5-3-4-6-8-14/h15-16H,1,3-12H2,2H3. The van der Waals surface area contributed by atoms with E-state index in [1.165, 1.54) is 12.8 Å². The molecule has 0 heterocycles. The highest BCUT2D eigenvalue weighted by molar-refractivity contribution is 4.87. The number of hydrogen-bond donors (Lipinski definition) is 2. The predicted molar refractivity (Wildman–Crippen MR) is 71.2 cm³/mol. The molecule has 1 rings (SSSR count). The molecule has 1 fully saturated rings. The van der Waals surface area contributed by atoms with Crippen molar-refractivity contribution >= 4 is 0 Å². The minimum absolute atomic E-state index is 0.481. The number of nitrogens with one attached hydrogen (secondary N) is 1. The molecule has 0 spiro atoms. The van der Waals surface area contributed by atoms with Crippen LogP contribution in [0, 0.1) is 0 Å². The molecule has 0 unspecified atom stereocenters. The fourth-order valence-electron chi connectivity index (χ4n) is 2.28. The van der Waals surface area contributed by atoms with Crippen LogP contribution in [0.1, 0.15) is 45.4 Å². The topological polar surface area (TPSA) is 41.5 Å². The van der Waals surface area contributed by atoms with Gasteiger partial charge in [-0.2, -0.15) is 0 Å². The van der Waals surface area contributed by atoms with Gasteiger partial charge in [-0.3, -0.25) is 0 Å². The molecule has 2 N–H and O–H groups in total. The molecule has 3 heteroatoms. The highest BCUT2D eigenvalue weighted by atomic mass is 16.5. The second-order valence-electron chi connectivity index (χ2n) is 5.33. The fourth-order valence-corrected chi connectivity index (χ4v) is 2.28. The average Bonchev–Trinajstić information content (AvgIpc) is 2.48. The SMILES string of the molecule is C=C(C)COCCNCC1(O)CCCCCC1. The predicted octanol–water partition coefficient (Wildman–Crippen LogP) is 2.25. The lowest BCUT2D eigenvalue weighted by Gasteiger charge is -2.26. The Morgan fingerprint density at radius 1 is 1.29 bits per heavy atom. The summed E-state index contributed by atoms with van der Waals surface area (Å²) in [5.41, 5.74) is 0.567. The van der Waals surface area contributed by atoms with Crippen LogP contribution in [0.4, 0.5) is 0 Å². The van der Waals surface area contributed by atoms with Crippen LogP contribution < -0.4 is 5.32 Å². The smallest absolute Gasteiger partial charge is 0.0771 e. The molecule has 0 aromatic carbocycles. The van der Waals surface area contributed by atoms with E-state index >= 15 is 0 Å². The van der Waals surface area contributed by atoms with Crippen molar-refractivity contribution in [2.75, 3.05) is 26.3 Å². The van der Waals surface area contributed by atoms with Crippen LogP contribution in [0.15, 0.2) is 12.2 Å². The van der Waals surface area contributed by atoms with Crippen LogP contribution in [0.5, 0.6) is 0 Å². The second-order valence-corrected chi connectivity index (χ2v) is 5.33. The molecule has 0 aliphatic heterocycles. The molecule has 0 saturated heterocycles. The van der Waals surface area contributed by atoms with Gasteiger partial charge in [-0.25, -0.2) is 0 Å². The van der Waals surface area contributed by atoms with E-state index in [-0.39, 0.29) is 0 Å². The van der Waals surface area contributed by atoms with Crippen molar-refractivity contribution in [2.45, 2.75) is 51.0 Å². The van der Waals surface area contributed by atoms with E-state index in [1.54, 1.807) is 0 Å². The zero-order chi connectivity index (χ0) is 12.6. The normalized spacial score (nSPS) is 19.9. The number of ether oxygens (including phenoxy) is 1. The lowest BCUT2D eigenvalue weighted by Crippen LogP contribution is -2.41. The Balaban J connectivity index is 2.06. The molecule has 0 bridgehead atoms. The molecule has 1 aliphatic rings. The van der Waals surface area contributed by atoms with Crippen molar-refractivity contribution in [1.82, 2.24) is 5.32 Å². The van der Waals surface area contributed by atoms with Crippen LogP contribution in [-0.2, 0) is 4.74 Å². The Morgan fingerprint density at radius 2 is 1.94 bits per heavy atom. The maximum absolute atomic E-state index is 10.4. The monoisotopic (exact) mass is 241 g/mol. The molecule has 0 radical (unpaired) electrons. The molecule has 3 nitrogen and oxygen atoms in total. The first-order valence-electron chi connectivity index (χ1n) is 6.78. The van der Waals surface area contributed by atoms with E-state index in [0.29, 0.717) is 19.8 Å². The maximum Gasteiger partial charge on any atom is 0.0771 e. The van der Waals surface area contributed by atoms with E-state index in [0.717, 1.165) is 37.8 Å². The minimum atomic E-state index is -0.481. The lowest BCUT2D eigenvalue weighted by atomic mass is 9.94. The highest BCUT2D eigenvalue weighted by Crippen LogP contribution is 2.26. The summed E-state index contributed by atoms with van der Waals surface area (Å²) in [7, 11) is 0. The fraction of sp³-hybridized carbons (Fsp3) is 0.857. The van der Waals surface area contributed by atoms with Gasteiger partial charge in [-0.1, -0.05) is 37.8 Å². The van der Waals surface area contributed by atoms with Gasteiger partial charge in [0.25, 0.3) is 0 Å². The van der Waals surface area contributed by atoms with E-state index in [1.807, 2.05) is 6.92 Å². The zero-order valence-electron chi connectivity index (χ0n) is 11.1. The van der Waals surface area contributed by atoms with E-state index in [4.69, 9.17) is 4.74 Å². The Kier molecular flexibility index (Phi) is 6.78. The van der Waals surface area contributed by atoms with Crippen molar-refractivity contribution in [1.29, 1.82) is 0 Å². The average molecular weight is 241 g/mol. The van der Waals surface area contributed by atoms with E-state index < -0.39 is 5.60 Å². The van der Waals surface area contributed by atoms with Gasteiger partial charge in [0, 0.05) is 13.1 Å². The largest absolute Gasteiger partial charge is 0.389 e. The maximum atomic E-state index is 10.4. The van der Waals surface area contributed by atoms with Crippen LogP contribution in [-0.4, -0.2) is 37.0 Å². The van der Waals surface area contributed by atoms with Gasteiger partial charge in [0.15, 0.2) is 0 Å². The summed E-state index contributed by atoms with van der Waals surface area (Å²) in [6.45, 7) is 8.56. The summed E-state index contributed by atoms with van der Waals surface area (Å²) in [6.07, 6.45) is 6.72. The Hall–Kier alpha value is -0.380. The van der Waals surface area contributed by atoms with E-state index in [9.17, 15) is 5.11 Å². The van der Waals surface area contributed by atoms with Gasteiger partial charge in [0.05, 0.1) is 18.8 Å². The van der Waals surface area contributed by atoms with Gasteiger partial charge in [0.2, 0.25) is 0 Å². The third-order valence-electron chi connectivity index (χ3n) is 3.26. The van der Waals surface area contributed by atoms with Gasteiger partial charge in [0.1, 0.15) is 0 Å². The third kappa shape index (κ3) is 6.81. The first-order chi connectivity index (χ1) is 8.12. The van der Waals surface area contributed by atoms with Gasteiger partial charge in [-0.05, 0) is 19.8 Å². The first kappa shape index (κ1) is 14.7. The molecule has 1 saturated carbocycles. The Labute approximate surface area is 105 Å². The third-order valence-corrected chi connectivity index (χ3v) is 3.26. The molecule has 0 amide bonds. The Morgan fingerprint density at radius 3 is 2.53 bits per heavy atom. The minimum Gasteiger partial charge on any atom is -0.389 e. The lowest BCUT2D eigenvalue weighted by molar-refractivity contribution is 0.0236. The van der Waals surface area contributed by atoms with Crippen LogP contribution in [0.3, 0.4) is 0 Å². The summed E-state index contributed by atoms with van der Waals surface area (Å²) in [5, 5.41) is 13.7. The summed E-state index contributed by atoms with van der Waals surface area (Å²) < 4.78 is 5.40. The van der Waals surface area contributed by atoms with Crippen molar-refractivity contribution < 1.29 is 9.84 Å². The summed E-state index contributed by atoms with van der Waals surface area (Å²) >= 11 is 0. The van der Waals surface area contributed by atoms with Crippen molar-refractivity contribution in [3.05, 3.63) is 12.2 Å². The molecule has 100 valence electrons. The first-order valence-corrected chi connectivity index (χ1v) is 6.78. The number of hydrogen-bond acceptors (Lipinski definition) is 3. The van der Waals surface area contributed by atoms with Gasteiger partial charge in [-0.15, -0.1) is 0 Å². The number of aliphatic hydroxyl groups is 1. The molecular formula is C14H27NO2. The van der Waals surface area contributed by atoms with E-state index in [2.05, 4.69) is 11.9 Å². The second kappa shape index (κ2) is 7.85. The molecule has 1 aliphatic carbocycles. The molecule has 0 atom stereocenters. The number of rotatable bonds is 7. The van der Waals surface area contributed by atoms with Crippen LogP contribution in [0.25, 0.3) is 0 Å². The van der Waals surface area contributed by atoms with Crippen LogP contribution in [0.2, 0.25) is 0 Å². The zero-order valence-corrected chi connectivity index (χ0v) is 11.1. The molecular weight excluding hydrogens is 214 g/mol. The molecule has 0 aromatic rings.